The molecule has 1 aliphatic rings. The van der Waals surface area contributed by atoms with E-state index in [-0.39, 0.29) is 17.4 Å². The number of methoxy groups -OCH3 is 1. The molecule has 0 aliphatic carbocycles. The second kappa shape index (κ2) is 7.74. The van der Waals surface area contributed by atoms with Crippen LogP contribution in [0.4, 0.5) is 0 Å². The van der Waals surface area contributed by atoms with E-state index in [4.69, 9.17) is 4.74 Å². The van der Waals surface area contributed by atoms with E-state index in [1.165, 1.54) is 12.8 Å². The normalized spacial score (nSPS) is 20.4. The van der Waals surface area contributed by atoms with E-state index in [1.54, 1.807) is 7.11 Å². The van der Waals surface area contributed by atoms with E-state index in [1.807, 2.05) is 0 Å². The molecule has 1 heterocycles. The van der Waals surface area contributed by atoms with E-state index in [9.17, 15) is 4.79 Å². The first-order chi connectivity index (χ1) is 8.64. The van der Waals surface area contributed by atoms with Gasteiger partial charge < -0.3 is 15.4 Å². The minimum absolute atomic E-state index is 0.175. The highest BCUT2D eigenvalue weighted by Crippen LogP contribution is 2.29. The fourth-order valence-corrected chi connectivity index (χ4v) is 2.58. The fraction of sp³-hybridized carbons (Fsp3) is 0.929. The molecule has 4 heteroatoms. The van der Waals surface area contributed by atoms with Crippen LogP contribution < -0.4 is 10.6 Å². The van der Waals surface area contributed by atoms with Gasteiger partial charge in [0.25, 0.3) is 0 Å². The number of carbonyl (C=O) groups is 1. The zero-order valence-electron chi connectivity index (χ0n) is 12.1. The van der Waals surface area contributed by atoms with Crippen LogP contribution in [0.25, 0.3) is 0 Å². The molecular weight excluding hydrogens is 228 g/mol. The summed E-state index contributed by atoms with van der Waals surface area (Å²) in [5.74, 6) is 0.175. The summed E-state index contributed by atoms with van der Waals surface area (Å²) in [6.07, 6.45) is 5.14. The van der Waals surface area contributed by atoms with Gasteiger partial charge >= 0.3 is 0 Å². The van der Waals surface area contributed by atoms with Crippen LogP contribution in [0.15, 0.2) is 0 Å². The monoisotopic (exact) mass is 256 g/mol. The molecule has 0 aromatic heterocycles. The highest BCUT2D eigenvalue weighted by Gasteiger charge is 2.39. The lowest BCUT2D eigenvalue weighted by Gasteiger charge is -2.36. The summed E-state index contributed by atoms with van der Waals surface area (Å²) in [4.78, 5) is 12.5. The smallest absolute Gasteiger partial charge is 0.228 e. The van der Waals surface area contributed by atoms with Crippen LogP contribution in [-0.2, 0) is 9.53 Å². The Kier molecular flexibility index (Phi) is 6.65. The Labute approximate surface area is 111 Å². The topological polar surface area (TPSA) is 50.4 Å². The molecule has 0 aromatic carbocycles. The molecule has 0 spiro atoms. The van der Waals surface area contributed by atoms with Gasteiger partial charge in [-0.05, 0) is 39.3 Å². The van der Waals surface area contributed by atoms with Crippen LogP contribution in [0.3, 0.4) is 0 Å². The minimum Gasteiger partial charge on any atom is -0.384 e. The van der Waals surface area contributed by atoms with Gasteiger partial charge in [0.15, 0.2) is 0 Å². The van der Waals surface area contributed by atoms with E-state index in [0.29, 0.717) is 6.61 Å². The maximum atomic E-state index is 12.5. The van der Waals surface area contributed by atoms with Crippen LogP contribution in [0, 0.1) is 5.41 Å². The molecule has 1 atom stereocenters. The average Bonchev–Trinajstić information content (AvgIpc) is 2.37. The molecule has 1 amide bonds. The Hall–Kier alpha value is -0.610. The summed E-state index contributed by atoms with van der Waals surface area (Å²) >= 11 is 0. The molecule has 1 unspecified atom stereocenters. The van der Waals surface area contributed by atoms with Gasteiger partial charge in [-0.2, -0.15) is 0 Å². The first kappa shape index (κ1) is 15.4. The molecule has 0 saturated carbocycles. The van der Waals surface area contributed by atoms with E-state index in [2.05, 4.69) is 24.5 Å². The van der Waals surface area contributed by atoms with Crippen LogP contribution in [0.5, 0.6) is 0 Å². The molecule has 1 aliphatic heterocycles. The molecule has 1 saturated heterocycles. The highest BCUT2D eigenvalue weighted by molar-refractivity contribution is 5.83. The Balaban J connectivity index is 2.53. The van der Waals surface area contributed by atoms with Gasteiger partial charge in [0.05, 0.1) is 12.0 Å². The lowest BCUT2D eigenvalue weighted by molar-refractivity contribution is -0.136. The molecule has 106 valence electrons. The first-order valence-corrected chi connectivity index (χ1v) is 7.15. The van der Waals surface area contributed by atoms with Crippen molar-refractivity contribution in [2.24, 2.45) is 5.41 Å². The van der Waals surface area contributed by atoms with E-state index >= 15 is 0 Å². The van der Waals surface area contributed by atoms with Crippen molar-refractivity contribution < 1.29 is 9.53 Å². The summed E-state index contributed by atoms with van der Waals surface area (Å²) in [6.45, 7) is 6.60. The number of hydrogen-bond donors (Lipinski definition) is 2. The van der Waals surface area contributed by atoms with Crippen molar-refractivity contribution >= 4 is 5.91 Å². The summed E-state index contributed by atoms with van der Waals surface area (Å²) in [6, 6.07) is 0.265. The van der Waals surface area contributed by atoms with Gasteiger partial charge in [0, 0.05) is 13.2 Å². The minimum atomic E-state index is -0.319. The van der Waals surface area contributed by atoms with Crippen LogP contribution >= 0.6 is 0 Å². The zero-order valence-corrected chi connectivity index (χ0v) is 12.1. The summed E-state index contributed by atoms with van der Waals surface area (Å²) < 4.78 is 5.28. The number of nitrogens with one attached hydrogen (secondary N) is 2. The van der Waals surface area contributed by atoms with Crippen molar-refractivity contribution in [2.45, 2.75) is 52.0 Å². The first-order valence-electron chi connectivity index (χ1n) is 7.15. The number of piperidine rings is 1. The number of hydrogen-bond acceptors (Lipinski definition) is 3. The van der Waals surface area contributed by atoms with Crippen molar-refractivity contribution in [3.63, 3.8) is 0 Å². The second-order valence-corrected chi connectivity index (χ2v) is 5.48. The van der Waals surface area contributed by atoms with Crippen molar-refractivity contribution in [3.05, 3.63) is 0 Å². The van der Waals surface area contributed by atoms with Crippen molar-refractivity contribution in [3.8, 4) is 0 Å². The maximum Gasteiger partial charge on any atom is 0.228 e. The van der Waals surface area contributed by atoms with Crippen molar-refractivity contribution in [1.82, 2.24) is 10.6 Å². The molecule has 1 rings (SSSR count). The Morgan fingerprint density at radius 1 is 1.44 bits per heavy atom. The molecule has 0 aromatic rings. The van der Waals surface area contributed by atoms with Gasteiger partial charge in [0.2, 0.25) is 5.91 Å². The Morgan fingerprint density at radius 3 is 2.67 bits per heavy atom. The predicted molar refractivity (Wildman–Crippen MR) is 73.5 cm³/mol. The third-order valence-electron chi connectivity index (χ3n) is 3.83. The molecule has 4 nitrogen and oxygen atoms in total. The van der Waals surface area contributed by atoms with Gasteiger partial charge in [-0.1, -0.05) is 19.8 Å². The largest absolute Gasteiger partial charge is 0.384 e. The van der Waals surface area contributed by atoms with Gasteiger partial charge in [-0.3, -0.25) is 4.79 Å². The van der Waals surface area contributed by atoms with E-state index in [0.717, 1.165) is 32.4 Å². The van der Waals surface area contributed by atoms with Crippen molar-refractivity contribution in [1.29, 1.82) is 0 Å². The standard InChI is InChI=1S/C14H28N2O2/c1-4-5-6-12(2)16-13(17)14(11-18-3)7-9-15-10-8-14/h12,15H,4-11H2,1-3H3,(H,16,17). The predicted octanol–water partition coefficient (Wildman–Crippen LogP) is 1.70. The average molecular weight is 256 g/mol. The summed E-state index contributed by atoms with van der Waals surface area (Å²) in [5.41, 5.74) is -0.319. The van der Waals surface area contributed by atoms with Crippen LogP contribution in [0.2, 0.25) is 0 Å². The Bertz CT molecular complexity index is 245. The molecule has 1 fully saturated rings. The van der Waals surface area contributed by atoms with Gasteiger partial charge in [0.1, 0.15) is 0 Å². The SMILES string of the molecule is CCCCC(C)NC(=O)C1(COC)CCNCC1. The Morgan fingerprint density at radius 2 is 2.11 bits per heavy atom. The number of amides is 1. The third-order valence-corrected chi connectivity index (χ3v) is 3.83. The summed E-state index contributed by atoms with van der Waals surface area (Å²) in [5, 5.41) is 6.47. The molecule has 18 heavy (non-hydrogen) atoms. The number of rotatable bonds is 7. The summed E-state index contributed by atoms with van der Waals surface area (Å²) in [7, 11) is 1.68. The maximum absolute atomic E-state index is 12.5. The molecule has 0 radical (unpaired) electrons. The van der Waals surface area contributed by atoms with Gasteiger partial charge in [-0.15, -0.1) is 0 Å². The van der Waals surface area contributed by atoms with E-state index < -0.39 is 0 Å². The number of carbonyl (C=O) groups excluding carboxylic acids is 1. The van der Waals surface area contributed by atoms with Crippen molar-refractivity contribution in [2.75, 3.05) is 26.8 Å². The third kappa shape index (κ3) is 4.25. The second-order valence-electron chi connectivity index (χ2n) is 5.48. The molecular formula is C14H28N2O2. The molecule has 2 N–H and O–H groups in total. The highest BCUT2D eigenvalue weighted by atomic mass is 16.5. The van der Waals surface area contributed by atoms with Gasteiger partial charge in [-0.25, -0.2) is 0 Å². The lowest BCUT2D eigenvalue weighted by atomic mass is 9.78. The number of ether oxygens (including phenoxy) is 1. The lowest BCUT2D eigenvalue weighted by Crippen LogP contribution is -2.52. The zero-order chi connectivity index (χ0) is 13.4. The van der Waals surface area contributed by atoms with Crippen LogP contribution in [0.1, 0.15) is 46.0 Å². The van der Waals surface area contributed by atoms with Crippen LogP contribution in [-0.4, -0.2) is 38.8 Å². The fourth-order valence-electron chi connectivity index (χ4n) is 2.58. The number of unbranched alkanes of at least 4 members (excludes halogenated alkanes) is 1. The molecule has 0 bridgehead atoms. The quantitative estimate of drug-likeness (QED) is 0.729.